The molecule has 0 saturated heterocycles. The Morgan fingerprint density at radius 2 is 1.86 bits per heavy atom. The Kier molecular flexibility index (Phi) is 4.91. The normalized spacial score (nSPS) is 10.5. The van der Waals surface area contributed by atoms with Gasteiger partial charge in [0.1, 0.15) is 5.82 Å². The molecule has 0 aliphatic rings. The van der Waals surface area contributed by atoms with E-state index in [1.807, 2.05) is 31.2 Å². The topological polar surface area (TPSA) is 24.1 Å². The number of benzene rings is 2. The van der Waals surface area contributed by atoms with Gasteiger partial charge in [-0.05, 0) is 60.5 Å². The largest absolute Gasteiger partial charge is 0.332 e. The number of hydrogen-bond acceptors (Lipinski definition) is 1. The molecule has 0 radical (unpaired) electrons. The van der Waals surface area contributed by atoms with Gasteiger partial charge in [0.05, 0.1) is 5.69 Å². The average Bonchev–Trinajstić information content (AvgIpc) is 2.42. The average molecular weight is 302 g/mol. The van der Waals surface area contributed by atoms with E-state index in [0.29, 0.717) is 16.7 Å². The number of anilines is 2. The van der Waals surface area contributed by atoms with Crippen LogP contribution in [0.3, 0.4) is 0 Å². The highest BCUT2D eigenvalue weighted by Crippen LogP contribution is 2.19. The van der Waals surface area contributed by atoms with Crippen LogP contribution in [0.5, 0.6) is 0 Å². The van der Waals surface area contributed by atoms with E-state index in [1.165, 1.54) is 11.6 Å². The summed E-state index contributed by atoms with van der Waals surface area (Å²) in [7, 11) is 0. The maximum atomic E-state index is 13.8. The minimum atomic E-state index is -0.310. The lowest BCUT2D eigenvalue weighted by Gasteiger charge is -2.13. The monoisotopic (exact) mass is 302 g/mol. The van der Waals surface area contributed by atoms with E-state index < -0.39 is 0 Å². The fraction of sp³-hybridized carbons (Fsp3) is 0.235. The first-order valence-corrected chi connectivity index (χ1v) is 7.30. The second kappa shape index (κ2) is 6.68. The molecule has 2 N–H and O–H groups in total. The number of nitrogens with one attached hydrogen (secondary N) is 2. The van der Waals surface area contributed by atoms with E-state index in [-0.39, 0.29) is 5.82 Å². The van der Waals surface area contributed by atoms with E-state index in [4.69, 9.17) is 12.2 Å². The molecule has 2 rings (SSSR count). The van der Waals surface area contributed by atoms with Crippen molar-refractivity contribution >= 4 is 28.7 Å². The Bertz CT molecular complexity index is 653. The van der Waals surface area contributed by atoms with Crippen LogP contribution < -0.4 is 10.6 Å². The molecule has 0 fully saturated rings. The van der Waals surface area contributed by atoms with Crippen LogP contribution in [-0.4, -0.2) is 5.11 Å². The molecule has 0 unspecified atom stereocenters. The lowest BCUT2D eigenvalue weighted by molar-refractivity contribution is 0.631. The molecule has 0 bridgehead atoms. The second-order valence-electron chi connectivity index (χ2n) is 5.34. The van der Waals surface area contributed by atoms with Gasteiger partial charge in [-0.1, -0.05) is 32.0 Å². The quantitative estimate of drug-likeness (QED) is 0.774. The molecule has 0 amide bonds. The van der Waals surface area contributed by atoms with Crippen LogP contribution in [0.25, 0.3) is 0 Å². The third-order valence-corrected chi connectivity index (χ3v) is 3.39. The summed E-state index contributed by atoms with van der Waals surface area (Å²) in [6.45, 7) is 6.12. The van der Waals surface area contributed by atoms with Gasteiger partial charge < -0.3 is 10.6 Å². The van der Waals surface area contributed by atoms with Crippen molar-refractivity contribution < 1.29 is 4.39 Å². The van der Waals surface area contributed by atoms with Crippen molar-refractivity contribution in [2.24, 2.45) is 0 Å². The van der Waals surface area contributed by atoms with Crippen molar-refractivity contribution in [1.29, 1.82) is 0 Å². The zero-order valence-electron chi connectivity index (χ0n) is 12.4. The Morgan fingerprint density at radius 3 is 2.52 bits per heavy atom. The van der Waals surface area contributed by atoms with Gasteiger partial charge in [-0.3, -0.25) is 0 Å². The maximum absolute atomic E-state index is 13.8. The van der Waals surface area contributed by atoms with Gasteiger partial charge in [-0.2, -0.15) is 0 Å². The summed E-state index contributed by atoms with van der Waals surface area (Å²) in [6.07, 6.45) is 0. The Labute approximate surface area is 130 Å². The van der Waals surface area contributed by atoms with Gasteiger partial charge in [-0.15, -0.1) is 0 Å². The molecule has 0 atom stereocenters. The highest BCUT2D eigenvalue weighted by Gasteiger charge is 2.05. The lowest BCUT2D eigenvalue weighted by atomic mass is 10.0. The summed E-state index contributed by atoms with van der Waals surface area (Å²) >= 11 is 5.23. The second-order valence-corrected chi connectivity index (χ2v) is 5.75. The van der Waals surface area contributed by atoms with E-state index in [9.17, 15) is 4.39 Å². The molecule has 2 aromatic rings. The molecule has 0 saturated carbocycles. The van der Waals surface area contributed by atoms with Crippen LogP contribution in [0.1, 0.15) is 30.9 Å². The third kappa shape index (κ3) is 4.26. The Morgan fingerprint density at radius 1 is 1.10 bits per heavy atom. The molecule has 110 valence electrons. The van der Waals surface area contributed by atoms with E-state index in [0.717, 1.165) is 11.3 Å². The molecular weight excluding hydrogens is 283 g/mol. The van der Waals surface area contributed by atoms with Crippen LogP contribution in [0.2, 0.25) is 0 Å². The number of hydrogen-bond donors (Lipinski definition) is 2. The zero-order valence-corrected chi connectivity index (χ0v) is 13.2. The Balaban J connectivity index is 2.06. The van der Waals surface area contributed by atoms with Gasteiger partial charge in [0, 0.05) is 5.69 Å². The SMILES string of the molecule is Cc1ccc(NC(=S)Nc2cccc(C(C)C)c2)c(F)c1. The summed E-state index contributed by atoms with van der Waals surface area (Å²) in [5, 5.41) is 6.33. The first-order chi connectivity index (χ1) is 9.95. The summed E-state index contributed by atoms with van der Waals surface area (Å²) < 4.78 is 13.8. The third-order valence-electron chi connectivity index (χ3n) is 3.18. The number of rotatable bonds is 3. The molecule has 2 nitrogen and oxygen atoms in total. The van der Waals surface area contributed by atoms with Gasteiger partial charge in [0.15, 0.2) is 5.11 Å². The highest BCUT2D eigenvalue weighted by atomic mass is 32.1. The maximum Gasteiger partial charge on any atom is 0.175 e. The molecule has 0 spiro atoms. The van der Waals surface area contributed by atoms with E-state index >= 15 is 0 Å². The molecule has 0 aliphatic heterocycles. The number of thiocarbonyl (C=S) groups is 1. The molecule has 21 heavy (non-hydrogen) atoms. The predicted octanol–water partition coefficient (Wildman–Crippen LogP) is 5.07. The standard InChI is InChI=1S/C17H19FN2S/c1-11(2)13-5-4-6-14(10-13)19-17(21)20-16-8-7-12(3)9-15(16)18/h4-11H,1-3H3,(H2,19,20,21). The van der Waals surface area contributed by atoms with Crippen molar-refractivity contribution in [1.82, 2.24) is 0 Å². The van der Waals surface area contributed by atoms with E-state index in [1.54, 1.807) is 6.07 Å². The van der Waals surface area contributed by atoms with Crippen molar-refractivity contribution in [3.8, 4) is 0 Å². The van der Waals surface area contributed by atoms with Crippen LogP contribution in [0, 0.1) is 12.7 Å². The summed E-state index contributed by atoms with van der Waals surface area (Å²) in [4.78, 5) is 0. The van der Waals surface area contributed by atoms with Gasteiger partial charge in [0.2, 0.25) is 0 Å². The molecular formula is C17H19FN2S. The fourth-order valence-electron chi connectivity index (χ4n) is 1.98. The predicted molar refractivity (Wildman–Crippen MR) is 91.5 cm³/mol. The first-order valence-electron chi connectivity index (χ1n) is 6.90. The molecule has 0 aliphatic carbocycles. The minimum absolute atomic E-state index is 0.310. The van der Waals surface area contributed by atoms with Crippen LogP contribution >= 0.6 is 12.2 Å². The summed E-state index contributed by atoms with van der Waals surface area (Å²) in [6, 6.07) is 13.0. The fourth-order valence-corrected chi connectivity index (χ4v) is 2.21. The lowest BCUT2D eigenvalue weighted by Crippen LogP contribution is -2.19. The highest BCUT2D eigenvalue weighted by molar-refractivity contribution is 7.80. The molecule has 0 aromatic heterocycles. The van der Waals surface area contributed by atoms with Crippen molar-refractivity contribution in [3.63, 3.8) is 0 Å². The van der Waals surface area contributed by atoms with Crippen molar-refractivity contribution in [2.45, 2.75) is 26.7 Å². The smallest absolute Gasteiger partial charge is 0.175 e. The van der Waals surface area contributed by atoms with Crippen molar-refractivity contribution in [2.75, 3.05) is 10.6 Å². The number of halogens is 1. The van der Waals surface area contributed by atoms with Gasteiger partial charge in [0.25, 0.3) is 0 Å². The Hall–Kier alpha value is -1.94. The molecule has 0 heterocycles. The summed E-state index contributed by atoms with van der Waals surface area (Å²) in [5.74, 6) is 0.137. The molecule has 2 aromatic carbocycles. The van der Waals surface area contributed by atoms with Gasteiger partial charge in [-0.25, -0.2) is 4.39 Å². The van der Waals surface area contributed by atoms with Crippen LogP contribution in [0.15, 0.2) is 42.5 Å². The first kappa shape index (κ1) is 15.4. The van der Waals surface area contributed by atoms with Crippen LogP contribution in [0.4, 0.5) is 15.8 Å². The summed E-state index contributed by atoms with van der Waals surface area (Å²) in [5.41, 5.74) is 3.37. The van der Waals surface area contributed by atoms with E-state index in [2.05, 4.69) is 30.5 Å². The van der Waals surface area contributed by atoms with Crippen molar-refractivity contribution in [3.05, 3.63) is 59.4 Å². The minimum Gasteiger partial charge on any atom is -0.332 e. The van der Waals surface area contributed by atoms with Gasteiger partial charge >= 0.3 is 0 Å². The zero-order chi connectivity index (χ0) is 15.4. The number of aryl methyl sites for hydroxylation is 1. The molecule has 4 heteroatoms. The van der Waals surface area contributed by atoms with Crippen LogP contribution in [-0.2, 0) is 0 Å².